The first kappa shape index (κ1) is 14.4. The van der Waals surface area contributed by atoms with Crippen molar-refractivity contribution in [1.29, 1.82) is 0 Å². The molecule has 0 spiro atoms. The Labute approximate surface area is 116 Å². The summed E-state index contributed by atoms with van der Waals surface area (Å²) in [6.45, 7) is 9.22. The molecule has 0 radical (unpaired) electrons. The molecule has 1 aromatic rings. The molecule has 0 atom stereocenters. The van der Waals surface area contributed by atoms with Crippen LogP contribution in [-0.2, 0) is 6.54 Å². The lowest BCUT2D eigenvalue weighted by Crippen LogP contribution is -2.33. The van der Waals surface area contributed by atoms with Gasteiger partial charge in [0.15, 0.2) is 0 Å². The minimum Gasteiger partial charge on any atom is -0.494 e. The monoisotopic (exact) mass is 262 g/mol. The Morgan fingerprint density at radius 2 is 2.11 bits per heavy atom. The van der Waals surface area contributed by atoms with E-state index in [4.69, 9.17) is 4.74 Å². The maximum atomic E-state index is 5.71. The molecule has 1 aliphatic rings. The Kier molecular flexibility index (Phi) is 5.67. The van der Waals surface area contributed by atoms with Gasteiger partial charge in [-0.2, -0.15) is 0 Å². The van der Waals surface area contributed by atoms with Crippen molar-refractivity contribution in [2.75, 3.05) is 26.2 Å². The number of benzene rings is 1. The van der Waals surface area contributed by atoms with Gasteiger partial charge in [0.25, 0.3) is 0 Å². The van der Waals surface area contributed by atoms with Crippen LogP contribution in [0.4, 0.5) is 0 Å². The highest BCUT2D eigenvalue weighted by Gasteiger charge is 2.12. The van der Waals surface area contributed by atoms with E-state index in [0.29, 0.717) is 0 Å². The highest BCUT2D eigenvalue weighted by Crippen LogP contribution is 2.20. The summed E-state index contributed by atoms with van der Waals surface area (Å²) in [6, 6.07) is 6.46. The van der Waals surface area contributed by atoms with Crippen molar-refractivity contribution in [3.8, 4) is 5.75 Å². The molecule has 0 aliphatic carbocycles. The molecule has 2 rings (SSSR count). The largest absolute Gasteiger partial charge is 0.494 e. The first-order chi connectivity index (χ1) is 9.29. The zero-order valence-electron chi connectivity index (χ0n) is 12.2. The lowest BCUT2D eigenvalue weighted by molar-refractivity contribution is 0.331. The van der Waals surface area contributed by atoms with E-state index in [1.54, 1.807) is 0 Å². The average Bonchev–Trinajstić information content (AvgIpc) is 2.43. The van der Waals surface area contributed by atoms with Gasteiger partial charge in [-0.15, -0.1) is 0 Å². The average molecular weight is 262 g/mol. The molecule has 1 heterocycles. The van der Waals surface area contributed by atoms with Crippen LogP contribution in [0.3, 0.4) is 0 Å². The molecule has 1 fully saturated rings. The molecular weight excluding hydrogens is 236 g/mol. The minimum absolute atomic E-state index is 0.727. The number of nitrogens with one attached hydrogen (secondary N) is 2. The molecule has 3 nitrogen and oxygen atoms in total. The van der Waals surface area contributed by atoms with Crippen molar-refractivity contribution in [3.63, 3.8) is 0 Å². The quantitative estimate of drug-likeness (QED) is 0.826. The highest BCUT2D eigenvalue weighted by molar-refractivity contribution is 5.37. The Morgan fingerprint density at radius 1 is 1.32 bits per heavy atom. The van der Waals surface area contributed by atoms with Gasteiger partial charge in [0, 0.05) is 12.1 Å². The van der Waals surface area contributed by atoms with E-state index in [9.17, 15) is 0 Å². The predicted molar refractivity (Wildman–Crippen MR) is 79.6 cm³/mol. The fourth-order valence-electron chi connectivity index (χ4n) is 2.59. The van der Waals surface area contributed by atoms with Crippen LogP contribution in [-0.4, -0.2) is 26.2 Å². The van der Waals surface area contributed by atoms with E-state index in [2.05, 4.69) is 35.8 Å². The van der Waals surface area contributed by atoms with Gasteiger partial charge in [0.1, 0.15) is 5.75 Å². The molecule has 1 aromatic carbocycles. The Hall–Kier alpha value is -1.06. The molecular formula is C16H26N2O. The Bertz CT molecular complexity index is 386. The van der Waals surface area contributed by atoms with Crippen molar-refractivity contribution >= 4 is 0 Å². The smallest absolute Gasteiger partial charge is 0.124 e. The van der Waals surface area contributed by atoms with Crippen LogP contribution in [0.2, 0.25) is 0 Å². The Morgan fingerprint density at radius 3 is 2.84 bits per heavy atom. The van der Waals surface area contributed by atoms with Gasteiger partial charge in [-0.25, -0.2) is 0 Å². The van der Waals surface area contributed by atoms with Crippen LogP contribution >= 0.6 is 0 Å². The number of rotatable bonds is 6. The molecule has 0 bridgehead atoms. The van der Waals surface area contributed by atoms with Crippen LogP contribution in [0.25, 0.3) is 0 Å². The normalized spacial score (nSPS) is 16.5. The third-order valence-electron chi connectivity index (χ3n) is 3.73. The minimum atomic E-state index is 0.727. The second-order valence-corrected chi connectivity index (χ2v) is 5.37. The topological polar surface area (TPSA) is 33.3 Å². The maximum Gasteiger partial charge on any atom is 0.124 e. The van der Waals surface area contributed by atoms with Gasteiger partial charge in [-0.05, 0) is 63.9 Å². The third-order valence-corrected chi connectivity index (χ3v) is 3.73. The zero-order chi connectivity index (χ0) is 13.5. The van der Waals surface area contributed by atoms with Crippen molar-refractivity contribution < 1.29 is 4.74 Å². The maximum absolute atomic E-state index is 5.71. The van der Waals surface area contributed by atoms with E-state index < -0.39 is 0 Å². The summed E-state index contributed by atoms with van der Waals surface area (Å²) >= 11 is 0. The molecule has 0 saturated carbocycles. The van der Waals surface area contributed by atoms with E-state index >= 15 is 0 Å². The zero-order valence-corrected chi connectivity index (χ0v) is 12.2. The van der Waals surface area contributed by atoms with Gasteiger partial charge in [-0.3, -0.25) is 0 Å². The molecule has 0 aromatic heterocycles. The number of piperidine rings is 1. The van der Waals surface area contributed by atoms with Gasteiger partial charge < -0.3 is 15.4 Å². The number of hydrogen-bond donors (Lipinski definition) is 2. The number of aryl methyl sites for hydroxylation is 1. The fraction of sp³-hybridized carbons (Fsp3) is 0.625. The third kappa shape index (κ3) is 4.51. The van der Waals surface area contributed by atoms with E-state index in [0.717, 1.165) is 31.4 Å². The summed E-state index contributed by atoms with van der Waals surface area (Å²) in [6.07, 6.45) is 2.58. The summed E-state index contributed by atoms with van der Waals surface area (Å²) < 4.78 is 5.71. The molecule has 106 valence electrons. The summed E-state index contributed by atoms with van der Waals surface area (Å²) in [7, 11) is 0. The summed E-state index contributed by atoms with van der Waals surface area (Å²) in [5, 5.41) is 6.99. The SMILES string of the molecule is CCOc1cc(C)ccc1CNCC1CCNCC1. The van der Waals surface area contributed by atoms with Crippen LogP contribution in [0.1, 0.15) is 30.9 Å². The van der Waals surface area contributed by atoms with Gasteiger partial charge in [0.2, 0.25) is 0 Å². The first-order valence-corrected chi connectivity index (χ1v) is 7.43. The lowest BCUT2D eigenvalue weighted by atomic mass is 9.98. The molecule has 0 amide bonds. The highest BCUT2D eigenvalue weighted by atomic mass is 16.5. The molecule has 0 unspecified atom stereocenters. The number of ether oxygens (including phenoxy) is 1. The summed E-state index contributed by atoms with van der Waals surface area (Å²) in [5.74, 6) is 1.85. The Balaban J connectivity index is 1.84. The van der Waals surface area contributed by atoms with Crippen molar-refractivity contribution in [2.24, 2.45) is 5.92 Å². The summed E-state index contributed by atoms with van der Waals surface area (Å²) in [5.41, 5.74) is 2.52. The van der Waals surface area contributed by atoms with E-state index in [1.807, 2.05) is 6.92 Å². The molecule has 1 saturated heterocycles. The van der Waals surface area contributed by atoms with Crippen LogP contribution < -0.4 is 15.4 Å². The molecule has 19 heavy (non-hydrogen) atoms. The van der Waals surface area contributed by atoms with Gasteiger partial charge in [-0.1, -0.05) is 12.1 Å². The van der Waals surface area contributed by atoms with Crippen LogP contribution in [0, 0.1) is 12.8 Å². The standard InChI is InChI=1S/C16H26N2O/c1-3-19-16-10-13(2)4-5-15(16)12-18-11-14-6-8-17-9-7-14/h4-5,10,14,17-18H,3,6-9,11-12H2,1-2H3. The summed E-state index contributed by atoms with van der Waals surface area (Å²) in [4.78, 5) is 0. The number of hydrogen-bond acceptors (Lipinski definition) is 3. The fourth-order valence-corrected chi connectivity index (χ4v) is 2.59. The molecule has 2 N–H and O–H groups in total. The van der Waals surface area contributed by atoms with Gasteiger partial charge in [0.05, 0.1) is 6.61 Å². The second kappa shape index (κ2) is 7.51. The second-order valence-electron chi connectivity index (χ2n) is 5.37. The predicted octanol–water partition coefficient (Wildman–Crippen LogP) is 2.48. The van der Waals surface area contributed by atoms with Gasteiger partial charge >= 0.3 is 0 Å². The van der Waals surface area contributed by atoms with Crippen molar-refractivity contribution in [3.05, 3.63) is 29.3 Å². The molecule has 1 aliphatic heterocycles. The van der Waals surface area contributed by atoms with Crippen LogP contribution in [0.5, 0.6) is 5.75 Å². The van der Waals surface area contributed by atoms with Crippen molar-refractivity contribution in [1.82, 2.24) is 10.6 Å². The first-order valence-electron chi connectivity index (χ1n) is 7.43. The van der Waals surface area contributed by atoms with Crippen LogP contribution in [0.15, 0.2) is 18.2 Å². The molecule has 3 heteroatoms. The lowest BCUT2D eigenvalue weighted by Gasteiger charge is -2.23. The van der Waals surface area contributed by atoms with E-state index in [1.165, 1.54) is 37.1 Å². The van der Waals surface area contributed by atoms with E-state index in [-0.39, 0.29) is 0 Å². The van der Waals surface area contributed by atoms with Crippen molar-refractivity contribution in [2.45, 2.75) is 33.2 Å².